The molecule has 130 valence electrons. The number of amides is 1. The van der Waals surface area contributed by atoms with Crippen molar-refractivity contribution in [2.24, 2.45) is 0 Å². The molecule has 0 N–H and O–H groups in total. The zero-order valence-electron chi connectivity index (χ0n) is 14.4. The number of hydrogen-bond donors (Lipinski definition) is 0. The molecular formula is C22H18FNO2. The van der Waals surface area contributed by atoms with Crippen LogP contribution >= 0.6 is 0 Å². The monoisotopic (exact) mass is 347 g/mol. The number of likely N-dealkylation sites (N-methyl/N-ethyl adjacent to an activating group) is 1. The number of carbonyl (C=O) groups is 1. The average molecular weight is 347 g/mol. The predicted octanol–water partition coefficient (Wildman–Crippen LogP) is 4.93. The summed E-state index contributed by atoms with van der Waals surface area (Å²) in [7, 11) is 1.73. The molecule has 4 rings (SSSR count). The van der Waals surface area contributed by atoms with Crippen LogP contribution in [0.15, 0.2) is 71.3 Å². The Morgan fingerprint density at radius 2 is 1.92 bits per heavy atom. The van der Waals surface area contributed by atoms with E-state index in [9.17, 15) is 9.18 Å². The average Bonchev–Trinajstić information content (AvgIpc) is 3.05. The van der Waals surface area contributed by atoms with Gasteiger partial charge in [0.2, 0.25) is 5.91 Å². The molecular weight excluding hydrogens is 329 g/mol. The third kappa shape index (κ3) is 3.06. The minimum atomic E-state index is -0.296. The maximum atomic E-state index is 13.3. The number of nitrogens with zero attached hydrogens (tertiary/aromatic N) is 1. The van der Waals surface area contributed by atoms with E-state index in [0.717, 1.165) is 32.9 Å². The van der Waals surface area contributed by atoms with Crippen LogP contribution in [0.1, 0.15) is 11.1 Å². The highest BCUT2D eigenvalue weighted by atomic mass is 19.1. The first kappa shape index (κ1) is 16.3. The second-order valence-electron chi connectivity index (χ2n) is 6.48. The van der Waals surface area contributed by atoms with Gasteiger partial charge in [0.1, 0.15) is 11.4 Å². The van der Waals surface area contributed by atoms with Gasteiger partial charge in [-0.1, -0.05) is 42.5 Å². The summed E-state index contributed by atoms with van der Waals surface area (Å²) in [6, 6.07) is 18.3. The van der Waals surface area contributed by atoms with Crippen molar-refractivity contribution in [3.63, 3.8) is 0 Å². The lowest BCUT2D eigenvalue weighted by Gasteiger charge is -2.17. The Balaban J connectivity index is 1.60. The lowest BCUT2D eigenvalue weighted by molar-refractivity contribution is -0.129. The van der Waals surface area contributed by atoms with Gasteiger partial charge in [0, 0.05) is 24.5 Å². The third-order valence-corrected chi connectivity index (χ3v) is 4.62. The minimum absolute atomic E-state index is 0.0371. The molecule has 0 fully saturated rings. The molecule has 0 saturated carbocycles. The number of carbonyl (C=O) groups excluding carboxylic acids is 1. The van der Waals surface area contributed by atoms with Crippen molar-refractivity contribution < 1.29 is 13.6 Å². The van der Waals surface area contributed by atoms with E-state index in [1.54, 1.807) is 24.3 Å². The molecule has 3 nitrogen and oxygen atoms in total. The summed E-state index contributed by atoms with van der Waals surface area (Å²) in [4.78, 5) is 14.3. The topological polar surface area (TPSA) is 33.5 Å². The van der Waals surface area contributed by atoms with Gasteiger partial charge in [0.15, 0.2) is 0 Å². The highest BCUT2D eigenvalue weighted by molar-refractivity contribution is 6.08. The lowest BCUT2D eigenvalue weighted by Crippen LogP contribution is -2.27. The maximum absolute atomic E-state index is 13.3. The van der Waals surface area contributed by atoms with Crippen LogP contribution in [-0.2, 0) is 17.8 Å². The summed E-state index contributed by atoms with van der Waals surface area (Å²) in [6.45, 7) is 0.368. The predicted molar refractivity (Wildman–Crippen MR) is 100 cm³/mol. The van der Waals surface area contributed by atoms with Crippen LogP contribution in [0.25, 0.3) is 21.7 Å². The van der Waals surface area contributed by atoms with Crippen molar-refractivity contribution in [3.8, 4) is 0 Å². The summed E-state index contributed by atoms with van der Waals surface area (Å²) in [6.07, 6.45) is 1.90. The Morgan fingerprint density at radius 3 is 2.77 bits per heavy atom. The second kappa shape index (κ2) is 6.64. The van der Waals surface area contributed by atoms with Crippen LogP contribution in [0.5, 0.6) is 0 Å². The molecule has 3 aromatic carbocycles. The zero-order valence-corrected chi connectivity index (χ0v) is 14.4. The van der Waals surface area contributed by atoms with Gasteiger partial charge in [-0.15, -0.1) is 0 Å². The van der Waals surface area contributed by atoms with E-state index < -0.39 is 0 Å². The summed E-state index contributed by atoms with van der Waals surface area (Å²) >= 11 is 0. The highest BCUT2D eigenvalue weighted by Gasteiger charge is 2.16. The summed E-state index contributed by atoms with van der Waals surface area (Å²) in [5, 5.41) is 3.17. The molecule has 1 aromatic heterocycles. The first-order chi connectivity index (χ1) is 12.6. The fourth-order valence-corrected chi connectivity index (χ4v) is 3.30. The van der Waals surface area contributed by atoms with Crippen LogP contribution in [0.2, 0.25) is 0 Å². The minimum Gasteiger partial charge on any atom is -0.464 e. The molecule has 0 unspecified atom stereocenters. The highest BCUT2D eigenvalue weighted by Crippen LogP contribution is 2.30. The van der Waals surface area contributed by atoms with E-state index in [4.69, 9.17) is 4.42 Å². The fraction of sp³-hybridized carbons (Fsp3) is 0.136. The van der Waals surface area contributed by atoms with E-state index in [1.807, 2.05) is 42.5 Å². The molecule has 1 amide bonds. The Hall–Kier alpha value is -3.14. The molecule has 0 bridgehead atoms. The van der Waals surface area contributed by atoms with Gasteiger partial charge in [-0.05, 0) is 34.5 Å². The van der Waals surface area contributed by atoms with Gasteiger partial charge in [0.05, 0.1) is 12.7 Å². The van der Waals surface area contributed by atoms with Gasteiger partial charge in [-0.25, -0.2) is 4.39 Å². The lowest BCUT2D eigenvalue weighted by atomic mass is 10.0. The molecule has 0 atom stereocenters. The third-order valence-electron chi connectivity index (χ3n) is 4.62. The van der Waals surface area contributed by atoms with Gasteiger partial charge in [-0.2, -0.15) is 0 Å². The Morgan fingerprint density at radius 1 is 1.08 bits per heavy atom. The first-order valence-corrected chi connectivity index (χ1v) is 8.48. The molecule has 1 heterocycles. The number of furan rings is 1. The molecule has 0 saturated heterocycles. The Kier molecular flexibility index (Phi) is 4.17. The smallest absolute Gasteiger partial charge is 0.227 e. The van der Waals surface area contributed by atoms with Crippen LogP contribution in [0.3, 0.4) is 0 Å². The number of rotatable bonds is 4. The SMILES string of the molecule is CN(Cc1cccc(F)c1)C(=O)Cc1coc2ccc3ccccc3c12. The normalized spacial score (nSPS) is 11.2. The van der Waals surface area contributed by atoms with Crippen LogP contribution in [0.4, 0.5) is 4.39 Å². The zero-order chi connectivity index (χ0) is 18.1. The number of benzene rings is 3. The van der Waals surface area contributed by atoms with Gasteiger partial charge < -0.3 is 9.32 Å². The van der Waals surface area contributed by atoms with E-state index in [1.165, 1.54) is 12.1 Å². The van der Waals surface area contributed by atoms with Crippen molar-refractivity contribution in [2.45, 2.75) is 13.0 Å². The standard InChI is InChI=1S/C22H18FNO2/c1-24(13-15-5-4-7-18(23)11-15)21(25)12-17-14-26-20-10-9-16-6-2-3-8-19(16)22(17)20/h2-11,14H,12-13H2,1H3. The van der Waals surface area contributed by atoms with Crippen molar-refractivity contribution >= 4 is 27.6 Å². The van der Waals surface area contributed by atoms with Gasteiger partial charge in [0.25, 0.3) is 0 Å². The van der Waals surface area contributed by atoms with Crippen molar-refractivity contribution in [3.05, 3.63) is 83.9 Å². The van der Waals surface area contributed by atoms with E-state index in [2.05, 4.69) is 0 Å². The molecule has 0 aliphatic carbocycles. The van der Waals surface area contributed by atoms with Crippen LogP contribution in [0, 0.1) is 5.82 Å². The summed E-state index contributed by atoms with van der Waals surface area (Å²) < 4.78 is 19.0. The second-order valence-corrected chi connectivity index (χ2v) is 6.48. The van der Waals surface area contributed by atoms with Gasteiger partial charge in [-0.3, -0.25) is 4.79 Å². The van der Waals surface area contributed by atoms with E-state index in [-0.39, 0.29) is 18.1 Å². The largest absolute Gasteiger partial charge is 0.464 e. The maximum Gasteiger partial charge on any atom is 0.227 e. The van der Waals surface area contributed by atoms with Crippen molar-refractivity contribution in [1.82, 2.24) is 4.90 Å². The van der Waals surface area contributed by atoms with Crippen LogP contribution < -0.4 is 0 Å². The molecule has 0 aliphatic heterocycles. The fourth-order valence-electron chi connectivity index (χ4n) is 3.30. The molecule has 0 aliphatic rings. The number of halogens is 1. The van der Waals surface area contributed by atoms with E-state index >= 15 is 0 Å². The molecule has 4 heteroatoms. The van der Waals surface area contributed by atoms with Gasteiger partial charge >= 0.3 is 0 Å². The van der Waals surface area contributed by atoms with Crippen LogP contribution in [-0.4, -0.2) is 17.9 Å². The van der Waals surface area contributed by atoms with Crippen molar-refractivity contribution in [1.29, 1.82) is 0 Å². The molecule has 0 spiro atoms. The Bertz CT molecular complexity index is 1100. The van der Waals surface area contributed by atoms with Crippen molar-refractivity contribution in [2.75, 3.05) is 7.05 Å². The molecule has 0 radical (unpaired) electrons. The summed E-state index contributed by atoms with van der Waals surface area (Å²) in [5.41, 5.74) is 2.41. The first-order valence-electron chi connectivity index (χ1n) is 8.48. The molecule has 4 aromatic rings. The Labute approximate surface area is 150 Å². The quantitative estimate of drug-likeness (QED) is 0.525. The van der Waals surface area contributed by atoms with E-state index in [0.29, 0.717) is 6.54 Å². The number of fused-ring (bicyclic) bond motifs is 3. The summed E-state index contributed by atoms with van der Waals surface area (Å²) in [5.74, 6) is -0.333. The number of hydrogen-bond acceptors (Lipinski definition) is 2. The molecule has 26 heavy (non-hydrogen) atoms.